The van der Waals surface area contributed by atoms with Crippen molar-refractivity contribution in [1.29, 1.82) is 0 Å². The largest absolute Gasteiger partial charge is 0.377 e. The summed E-state index contributed by atoms with van der Waals surface area (Å²) in [7, 11) is 3.38. The Hall–Kier alpha value is -3.89. The van der Waals surface area contributed by atoms with E-state index in [0.717, 1.165) is 22.3 Å². The number of allylic oxidation sites excluding steroid dienone is 4. The van der Waals surface area contributed by atoms with Crippen LogP contribution in [0.3, 0.4) is 0 Å². The Morgan fingerprint density at radius 3 is 2.17 bits per heavy atom. The zero-order valence-electron chi connectivity index (χ0n) is 25.4. The summed E-state index contributed by atoms with van der Waals surface area (Å²) in [5.74, 6) is -0.516. The van der Waals surface area contributed by atoms with Crippen LogP contribution in [0.5, 0.6) is 0 Å². The summed E-state index contributed by atoms with van der Waals surface area (Å²) in [6, 6.07) is 18.8. The van der Waals surface area contributed by atoms with Crippen LogP contribution in [-0.2, 0) is 32.1 Å². The van der Waals surface area contributed by atoms with Crippen molar-refractivity contribution in [3.05, 3.63) is 108 Å². The number of carbonyl (C=O) groups excluding carboxylic acids is 3. The van der Waals surface area contributed by atoms with Gasteiger partial charge in [0.2, 0.25) is 11.8 Å². The molecule has 2 atom stereocenters. The van der Waals surface area contributed by atoms with E-state index in [4.69, 9.17) is 15.3 Å². The highest BCUT2D eigenvalue weighted by atomic mass is 16.5. The molecule has 0 fully saturated rings. The first-order valence-electron chi connectivity index (χ1n) is 13.9. The highest BCUT2D eigenvalue weighted by Crippen LogP contribution is 2.14. The predicted octanol–water partition coefficient (Wildman–Crippen LogP) is 3.39. The molecule has 0 spiro atoms. The molecule has 42 heavy (non-hydrogen) atoms. The molecule has 2 rings (SSSR count). The van der Waals surface area contributed by atoms with E-state index in [0.29, 0.717) is 32.6 Å². The number of nitrogens with one attached hydrogen (secondary N) is 2. The zero-order chi connectivity index (χ0) is 31.3. The Kier molecular flexibility index (Phi) is 18.0. The number of rotatable bonds is 17. The van der Waals surface area contributed by atoms with Crippen LogP contribution in [-0.4, -0.2) is 74.6 Å². The third kappa shape index (κ3) is 13.6. The second kappa shape index (κ2) is 20.9. The van der Waals surface area contributed by atoms with Gasteiger partial charge in [-0.3, -0.25) is 15.0 Å². The maximum Gasteiger partial charge on any atom is 0.242 e. The van der Waals surface area contributed by atoms with Gasteiger partial charge >= 0.3 is 0 Å². The number of benzene rings is 2. The van der Waals surface area contributed by atoms with Gasteiger partial charge in [0.15, 0.2) is 0 Å². The Bertz CT molecular complexity index is 1140. The minimum atomic E-state index is -0.772. The first kappa shape index (κ1) is 36.1. The van der Waals surface area contributed by atoms with Crippen LogP contribution in [0.1, 0.15) is 31.4 Å². The Morgan fingerprint density at radius 2 is 1.60 bits per heavy atom. The number of hydrogen-bond donors (Lipinski definition) is 3. The van der Waals surface area contributed by atoms with Crippen LogP contribution < -0.4 is 16.5 Å². The standard InChI is InChI=1S/C32H45N5O3.CH2O/c1-6-25(2)17-18-26(3)24-40-20-19-30(33)37(29(32(39)34-4)21-27-13-9-7-10-14-27)31(38)23-36(5)35-22-28-15-11-8-12-16-28;1-2/h6-18,29-30,35H,1,19-24,33H2,2-5H3,(H,34,39);1H2/b25-17-,26-18+;/t29-,30?;/m0./s1. The fourth-order valence-electron chi connectivity index (χ4n) is 4.04. The fraction of sp³-hybridized carbons (Fsp3) is 0.364. The van der Waals surface area contributed by atoms with E-state index in [1.54, 1.807) is 25.2 Å². The van der Waals surface area contributed by atoms with Crippen molar-refractivity contribution in [2.24, 2.45) is 5.73 Å². The van der Waals surface area contributed by atoms with Crippen LogP contribution in [0.4, 0.5) is 0 Å². The molecule has 228 valence electrons. The lowest BCUT2D eigenvalue weighted by atomic mass is 10.0. The van der Waals surface area contributed by atoms with E-state index >= 15 is 0 Å². The Balaban J connectivity index is 0.00000431. The van der Waals surface area contributed by atoms with Crippen molar-refractivity contribution in [2.75, 3.05) is 33.9 Å². The SMILES string of the molecule is C=C/C(C)=C\C=C(/C)COCCC(N)N(C(=O)CN(C)NCc1ccccc1)[C@@H](Cc1ccccc1)C(=O)NC.C=O. The average molecular weight is 578 g/mol. The highest BCUT2D eigenvalue weighted by Gasteiger charge is 2.33. The number of ether oxygens (including phenoxy) is 1. The monoisotopic (exact) mass is 577 g/mol. The Labute approximate surface area is 251 Å². The van der Waals surface area contributed by atoms with Crippen LogP contribution in [0.2, 0.25) is 0 Å². The molecule has 0 saturated carbocycles. The van der Waals surface area contributed by atoms with Gasteiger partial charge in [-0.15, -0.1) is 0 Å². The number of likely N-dealkylation sites (N-methyl/N-ethyl adjacent to an activating group) is 2. The van der Waals surface area contributed by atoms with Gasteiger partial charge in [0.1, 0.15) is 12.8 Å². The summed E-state index contributed by atoms with van der Waals surface area (Å²) in [5, 5.41) is 4.44. The quantitative estimate of drug-likeness (QED) is 0.114. The van der Waals surface area contributed by atoms with Gasteiger partial charge < -0.3 is 25.5 Å². The lowest BCUT2D eigenvalue weighted by Crippen LogP contribution is -2.59. The molecule has 0 aliphatic heterocycles. The normalized spacial score (nSPS) is 13.0. The van der Waals surface area contributed by atoms with Crippen molar-refractivity contribution in [3.8, 4) is 0 Å². The summed E-state index contributed by atoms with van der Waals surface area (Å²) in [6.45, 7) is 11.1. The molecule has 2 aromatic carbocycles. The van der Waals surface area contributed by atoms with Crippen LogP contribution >= 0.6 is 0 Å². The first-order valence-corrected chi connectivity index (χ1v) is 13.9. The zero-order valence-corrected chi connectivity index (χ0v) is 25.4. The first-order chi connectivity index (χ1) is 20.2. The molecule has 0 aromatic heterocycles. The average Bonchev–Trinajstić information content (AvgIpc) is 3.02. The summed E-state index contributed by atoms with van der Waals surface area (Å²) in [5.41, 5.74) is 14.0. The summed E-state index contributed by atoms with van der Waals surface area (Å²) in [4.78, 5) is 36.3. The molecule has 0 radical (unpaired) electrons. The molecular weight excluding hydrogens is 530 g/mol. The molecule has 0 aliphatic carbocycles. The minimum absolute atomic E-state index is 0.0422. The van der Waals surface area contributed by atoms with Crippen molar-refractivity contribution in [1.82, 2.24) is 20.7 Å². The fourth-order valence-corrected chi connectivity index (χ4v) is 4.04. The van der Waals surface area contributed by atoms with Crippen LogP contribution in [0, 0.1) is 0 Å². The topological polar surface area (TPSA) is 117 Å². The molecule has 2 aromatic rings. The molecular formula is C33H47N5O4. The summed E-state index contributed by atoms with van der Waals surface area (Å²) < 4.78 is 5.85. The highest BCUT2D eigenvalue weighted by molar-refractivity contribution is 5.88. The van der Waals surface area contributed by atoms with Gasteiger partial charge in [-0.25, -0.2) is 5.01 Å². The number of hydrazine groups is 1. The van der Waals surface area contributed by atoms with Gasteiger partial charge in [-0.2, -0.15) is 0 Å². The summed E-state index contributed by atoms with van der Waals surface area (Å²) in [6.07, 6.45) is 5.78. The Morgan fingerprint density at radius 1 is 1.00 bits per heavy atom. The van der Waals surface area contributed by atoms with Gasteiger partial charge in [0.05, 0.1) is 25.9 Å². The van der Waals surface area contributed by atoms with Crippen molar-refractivity contribution >= 4 is 18.6 Å². The molecule has 9 heteroatoms. The molecule has 9 nitrogen and oxygen atoms in total. The molecule has 2 amide bonds. The van der Waals surface area contributed by atoms with E-state index in [-0.39, 0.29) is 18.4 Å². The van der Waals surface area contributed by atoms with Gasteiger partial charge in [-0.05, 0) is 30.5 Å². The van der Waals surface area contributed by atoms with E-state index in [1.807, 2.05) is 93.5 Å². The second-order valence-corrected chi connectivity index (χ2v) is 9.83. The maximum absolute atomic E-state index is 13.7. The number of carbonyl (C=O) groups is 3. The maximum atomic E-state index is 13.7. The van der Waals surface area contributed by atoms with Gasteiger partial charge in [0.25, 0.3) is 0 Å². The van der Waals surface area contributed by atoms with Crippen molar-refractivity contribution in [3.63, 3.8) is 0 Å². The molecule has 0 saturated heterocycles. The van der Waals surface area contributed by atoms with Crippen molar-refractivity contribution < 1.29 is 19.1 Å². The van der Waals surface area contributed by atoms with Crippen LogP contribution in [0.25, 0.3) is 0 Å². The van der Waals surface area contributed by atoms with E-state index in [2.05, 4.69) is 17.3 Å². The molecule has 0 aliphatic rings. The van der Waals surface area contributed by atoms with Crippen LogP contribution in [0.15, 0.2) is 96.6 Å². The number of amides is 2. The number of hydrogen-bond acceptors (Lipinski definition) is 7. The minimum Gasteiger partial charge on any atom is -0.377 e. The molecule has 1 unspecified atom stereocenters. The lowest BCUT2D eigenvalue weighted by Gasteiger charge is -2.36. The summed E-state index contributed by atoms with van der Waals surface area (Å²) >= 11 is 0. The second-order valence-electron chi connectivity index (χ2n) is 9.83. The van der Waals surface area contributed by atoms with Crippen molar-refractivity contribution in [2.45, 2.75) is 45.4 Å². The van der Waals surface area contributed by atoms with Gasteiger partial charge in [-0.1, -0.05) is 91.0 Å². The van der Waals surface area contributed by atoms with E-state index in [1.165, 1.54) is 4.90 Å². The van der Waals surface area contributed by atoms with Gasteiger partial charge in [0, 0.05) is 33.5 Å². The lowest BCUT2D eigenvalue weighted by molar-refractivity contribution is -0.144. The third-order valence-electron chi connectivity index (χ3n) is 6.41. The molecule has 4 N–H and O–H groups in total. The molecule has 0 bridgehead atoms. The third-order valence-corrected chi connectivity index (χ3v) is 6.41. The number of nitrogens with two attached hydrogens (primary N) is 1. The number of nitrogens with zero attached hydrogens (tertiary/aromatic N) is 2. The molecule has 0 heterocycles. The van der Waals surface area contributed by atoms with E-state index in [9.17, 15) is 9.59 Å². The van der Waals surface area contributed by atoms with E-state index < -0.39 is 12.2 Å². The smallest absolute Gasteiger partial charge is 0.242 e. The predicted molar refractivity (Wildman–Crippen MR) is 169 cm³/mol.